The van der Waals surface area contributed by atoms with Crippen molar-refractivity contribution in [3.05, 3.63) is 35.9 Å². The molecule has 3 nitrogen and oxygen atoms in total. The van der Waals surface area contributed by atoms with Crippen molar-refractivity contribution >= 4 is 5.97 Å². The lowest BCUT2D eigenvalue weighted by molar-refractivity contribution is -0.130. The molecule has 1 N–H and O–H groups in total. The summed E-state index contributed by atoms with van der Waals surface area (Å²) in [6, 6.07) is 4.76. The highest BCUT2D eigenvalue weighted by molar-refractivity contribution is 5.88. The minimum Gasteiger partial charge on any atom is -0.508 e. The molecule has 0 saturated carbocycles. The van der Waals surface area contributed by atoms with E-state index in [1.807, 2.05) is 0 Å². The fourth-order valence-corrected chi connectivity index (χ4v) is 1.42. The van der Waals surface area contributed by atoms with Crippen LogP contribution in [0.25, 0.3) is 0 Å². The van der Waals surface area contributed by atoms with Crippen LogP contribution in [0.15, 0.2) is 30.4 Å². The molecule has 0 unspecified atom stereocenters. The first-order valence-electron chi connectivity index (χ1n) is 5.74. The van der Waals surface area contributed by atoms with Crippen molar-refractivity contribution in [3.8, 4) is 11.5 Å². The van der Waals surface area contributed by atoms with Gasteiger partial charge in [0.2, 0.25) is 0 Å². The van der Waals surface area contributed by atoms with E-state index < -0.39 is 5.97 Å². The van der Waals surface area contributed by atoms with Crippen molar-refractivity contribution in [2.75, 3.05) is 0 Å². The molecule has 3 heteroatoms. The molecule has 0 radical (unpaired) electrons. The minimum atomic E-state index is -0.437. The van der Waals surface area contributed by atoms with E-state index in [0.29, 0.717) is 11.3 Å². The van der Waals surface area contributed by atoms with Crippen LogP contribution < -0.4 is 4.74 Å². The van der Waals surface area contributed by atoms with Crippen LogP contribution in [0.1, 0.15) is 32.3 Å². The van der Waals surface area contributed by atoms with Gasteiger partial charge in [-0.2, -0.15) is 0 Å². The summed E-state index contributed by atoms with van der Waals surface area (Å²) < 4.78 is 5.21. The largest absolute Gasteiger partial charge is 0.508 e. The second kappa shape index (κ2) is 6.09. The highest BCUT2D eigenvalue weighted by Crippen LogP contribution is 2.25. The highest BCUT2D eigenvalue weighted by Gasteiger charge is 2.10. The van der Waals surface area contributed by atoms with E-state index in [2.05, 4.69) is 13.5 Å². The molecule has 1 rings (SSSR count). The molecule has 0 saturated heterocycles. The van der Waals surface area contributed by atoms with Crippen molar-refractivity contribution < 1.29 is 14.6 Å². The van der Waals surface area contributed by atoms with Gasteiger partial charge in [-0.3, -0.25) is 0 Å². The van der Waals surface area contributed by atoms with Gasteiger partial charge in [0, 0.05) is 5.57 Å². The van der Waals surface area contributed by atoms with E-state index >= 15 is 0 Å². The van der Waals surface area contributed by atoms with Gasteiger partial charge in [-0.25, -0.2) is 4.79 Å². The first-order chi connectivity index (χ1) is 8.04. The number of rotatable bonds is 5. The third-order valence-corrected chi connectivity index (χ3v) is 2.39. The maximum absolute atomic E-state index is 11.4. The predicted octanol–water partition coefficient (Wildman–Crippen LogP) is 3.22. The Morgan fingerprint density at radius 3 is 2.76 bits per heavy atom. The van der Waals surface area contributed by atoms with E-state index in [-0.39, 0.29) is 5.75 Å². The zero-order valence-corrected chi connectivity index (χ0v) is 10.3. The maximum atomic E-state index is 11.4. The van der Waals surface area contributed by atoms with Gasteiger partial charge < -0.3 is 9.84 Å². The number of aryl methyl sites for hydroxylation is 1. The van der Waals surface area contributed by atoms with Crippen molar-refractivity contribution in [3.63, 3.8) is 0 Å². The molecule has 1 aromatic rings. The first-order valence-corrected chi connectivity index (χ1v) is 5.74. The van der Waals surface area contributed by atoms with Crippen molar-refractivity contribution in [1.82, 2.24) is 0 Å². The Kier molecular flexibility index (Phi) is 4.76. The number of hydrogen-bond acceptors (Lipinski definition) is 3. The minimum absolute atomic E-state index is 0.186. The topological polar surface area (TPSA) is 46.5 Å². The summed E-state index contributed by atoms with van der Waals surface area (Å²) in [6.45, 7) is 7.23. The number of benzene rings is 1. The van der Waals surface area contributed by atoms with Crippen LogP contribution in [-0.2, 0) is 11.2 Å². The molecule has 0 fully saturated rings. The summed E-state index contributed by atoms with van der Waals surface area (Å²) in [4.78, 5) is 11.4. The van der Waals surface area contributed by atoms with Gasteiger partial charge in [-0.1, -0.05) is 19.9 Å². The summed E-state index contributed by atoms with van der Waals surface area (Å²) in [5, 5.41) is 9.42. The summed E-state index contributed by atoms with van der Waals surface area (Å²) in [5.41, 5.74) is 1.21. The van der Waals surface area contributed by atoms with Gasteiger partial charge in [-0.15, -0.1) is 0 Å². The standard InChI is InChI=1S/C14H18O3/c1-4-5-6-11-9-12(15)7-8-13(11)17-14(16)10(2)3/h7-9,15H,2,4-6H2,1,3H3. The van der Waals surface area contributed by atoms with Crippen LogP contribution in [0.4, 0.5) is 0 Å². The van der Waals surface area contributed by atoms with E-state index in [1.165, 1.54) is 6.07 Å². The molecule has 0 bridgehead atoms. The second-order valence-electron chi connectivity index (χ2n) is 4.07. The number of hydrogen-bond donors (Lipinski definition) is 1. The average molecular weight is 234 g/mol. The zero-order chi connectivity index (χ0) is 12.8. The van der Waals surface area contributed by atoms with Crippen LogP contribution in [0.2, 0.25) is 0 Å². The number of aromatic hydroxyl groups is 1. The molecule has 0 heterocycles. The average Bonchev–Trinajstić information content (AvgIpc) is 2.29. The fourth-order valence-electron chi connectivity index (χ4n) is 1.42. The summed E-state index contributed by atoms with van der Waals surface area (Å²) >= 11 is 0. The molecule has 0 amide bonds. The normalized spacial score (nSPS) is 10.0. The lowest BCUT2D eigenvalue weighted by Gasteiger charge is -2.10. The molecule has 17 heavy (non-hydrogen) atoms. The highest BCUT2D eigenvalue weighted by atomic mass is 16.5. The van der Waals surface area contributed by atoms with E-state index in [0.717, 1.165) is 24.8 Å². The third-order valence-electron chi connectivity index (χ3n) is 2.39. The Labute approximate surface area is 102 Å². The van der Waals surface area contributed by atoms with Crippen molar-refractivity contribution in [2.45, 2.75) is 33.1 Å². The van der Waals surface area contributed by atoms with Gasteiger partial charge in [0.05, 0.1) is 0 Å². The summed E-state index contributed by atoms with van der Waals surface area (Å²) in [6.07, 6.45) is 2.81. The summed E-state index contributed by atoms with van der Waals surface area (Å²) in [5.74, 6) is 0.254. The van der Waals surface area contributed by atoms with Gasteiger partial charge in [-0.05, 0) is 43.5 Å². The zero-order valence-electron chi connectivity index (χ0n) is 10.3. The van der Waals surface area contributed by atoms with Crippen molar-refractivity contribution in [1.29, 1.82) is 0 Å². The van der Waals surface area contributed by atoms with E-state index in [1.54, 1.807) is 19.1 Å². The lowest BCUT2D eigenvalue weighted by Crippen LogP contribution is -2.09. The Balaban J connectivity index is 2.89. The number of phenolic OH excluding ortho intramolecular Hbond substituents is 1. The van der Waals surface area contributed by atoms with E-state index in [9.17, 15) is 9.90 Å². The molecule has 1 aromatic carbocycles. The van der Waals surface area contributed by atoms with Crippen LogP contribution in [0, 0.1) is 0 Å². The number of phenols is 1. The monoisotopic (exact) mass is 234 g/mol. The Bertz CT molecular complexity index is 421. The SMILES string of the molecule is C=C(C)C(=O)Oc1ccc(O)cc1CCCC. The molecular weight excluding hydrogens is 216 g/mol. The predicted molar refractivity (Wildman–Crippen MR) is 67.2 cm³/mol. The number of carbonyl (C=O) groups excluding carboxylic acids is 1. The Morgan fingerprint density at radius 2 is 2.18 bits per heavy atom. The molecule has 0 aliphatic carbocycles. The molecule has 0 spiro atoms. The second-order valence-corrected chi connectivity index (χ2v) is 4.07. The van der Waals surface area contributed by atoms with Crippen LogP contribution in [0.3, 0.4) is 0 Å². The molecule has 0 aromatic heterocycles. The van der Waals surface area contributed by atoms with Gasteiger partial charge in [0.1, 0.15) is 11.5 Å². The number of carbonyl (C=O) groups is 1. The summed E-state index contributed by atoms with van der Waals surface area (Å²) in [7, 11) is 0. The Morgan fingerprint density at radius 1 is 1.47 bits per heavy atom. The fraction of sp³-hybridized carbons (Fsp3) is 0.357. The molecule has 0 aliphatic heterocycles. The molecular formula is C14H18O3. The third kappa shape index (κ3) is 3.94. The van der Waals surface area contributed by atoms with Gasteiger partial charge in [0.25, 0.3) is 0 Å². The van der Waals surface area contributed by atoms with Crippen molar-refractivity contribution in [2.24, 2.45) is 0 Å². The number of unbranched alkanes of at least 4 members (excludes halogenated alkanes) is 1. The van der Waals surface area contributed by atoms with E-state index in [4.69, 9.17) is 4.74 Å². The molecule has 0 aliphatic rings. The van der Waals surface area contributed by atoms with Crippen LogP contribution in [0.5, 0.6) is 11.5 Å². The first kappa shape index (κ1) is 13.3. The maximum Gasteiger partial charge on any atom is 0.338 e. The smallest absolute Gasteiger partial charge is 0.338 e. The number of ether oxygens (including phenoxy) is 1. The number of esters is 1. The lowest BCUT2D eigenvalue weighted by atomic mass is 10.1. The molecule has 0 atom stereocenters. The van der Waals surface area contributed by atoms with Gasteiger partial charge in [0.15, 0.2) is 0 Å². The van der Waals surface area contributed by atoms with Gasteiger partial charge >= 0.3 is 5.97 Å². The quantitative estimate of drug-likeness (QED) is 0.483. The van der Waals surface area contributed by atoms with Crippen LogP contribution >= 0.6 is 0 Å². The Hall–Kier alpha value is -1.77. The molecule has 92 valence electrons. The van der Waals surface area contributed by atoms with Crippen LogP contribution in [-0.4, -0.2) is 11.1 Å².